The maximum Gasteiger partial charge on any atom is 0.458 e. The summed E-state index contributed by atoms with van der Waals surface area (Å²) in [6.45, 7) is 3.05. The van der Waals surface area contributed by atoms with Crippen LogP contribution in [-0.4, -0.2) is 11.8 Å². The van der Waals surface area contributed by atoms with Gasteiger partial charge in [-0.1, -0.05) is 17.5 Å². The van der Waals surface area contributed by atoms with Gasteiger partial charge in [0.25, 0.3) is 0 Å². The molecule has 0 radical (unpaired) electrons. The first-order valence-corrected chi connectivity index (χ1v) is 5.70. The van der Waals surface area contributed by atoms with Crippen molar-refractivity contribution in [2.45, 2.75) is 31.5 Å². The van der Waals surface area contributed by atoms with Gasteiger partial charge in [0.05, 0.1) is 5.02 Å². The number of hydrogen-bond acceptors (Lipinski definition) is 1. The van der Waals surface area contributed by atoms with Gasteiger partial charge in [0.2, 0.25) is 0 Å². The molecule has 7 heteroatoms. The Hall–Kier alpha value is -1.48. The minimum absolute atomic E-state index is 0.000301. The van der Waals surface area contributed by atoms with Crippen LogP contribution in [-0.2, 0) is 5.92 Å². The van der Waals surface area contributed by atoms with Crippen molar-refractivity contribution in [3.05, 3.63) is 28.8 Å². The lowest BCUT2D eigenvalue weighted by molar-refractivity contribution is -0.289. The van der Waals surface area contributed by atoms with Gasteiger partial charge >= 0.3 is 12.1 Å². The smallest absolute Gasteiger partial charge is 0.458 e. The highest BCUT2D eigenvalue weighted by Crippen LogP contribution is 2.46. The second kappa shape index (κ2) is 5.13. The zero-order chi connectivity index (χ0) is 15.8. The second-order valence-corrected chi connectivity index (χ2v) is 4.88. The topological polar surface area (TPSA) is 9.23 Å². The number of benzene rings is 1. The maximum absolute atomic E-state index is 13.2. The van der Waals surface area contributed by atoms with E-state index in [1.165, 1.54) is 13.8 Å². The Labute approximate surface area is 117 Å². The molecule has 1 rings (SSSR count). The van der Waals surface area contributed by atoms with E-state index in [1.54, 1.807) is 0 Å². The third-order valence-corrected chi connectivity index (χ3v) is 2.67. The van der Waals surface area contributed by atoms with E-state index in [-0.39, 0.29) is 5.75 Å². The summed E-state index contributed by atoms with van der Waals surface area (Å²) in [6.07, 6.45) is -0.553. The van der Waals surface area contributed by atoms with E-state index in [4.69, 9.17) is 22.8 Å². The van der Waals surface area contributed by atoms with Crippen molar-refractivity contribution in [1.29, 1.82) is 0 Å². The standard InChI is InChI=1S/C13H10ClF5O/c1-4-11(2,3)20-8-5-6-9(10(14)7-8)12(15,16)13(17,18)19/h1,5-7H,2-3H3. The van der Waals surface area contributed by atoms with Crippen LogP contribution in [0, 0.1) is 12.3 Å². The fourth-order valence-corrected chi connectivity index (χ4v) is 1.58. The molecule has 0 heterocycles. The number of halogens is 6. The molecular weight excluding hydrogens is 303 g/mol. The van der Waals surface area contributed by atoms with Crippen LogP contribution >= 0.6 is 11.6 Å². The van der Waals surface area contributed by atoms with Gasteiger partial charge in [0.1, 0.15) is 5.75 Å². The lowest BCUT2D eigenvalue weighted by Gasteiger charge is -2.23. The molecule has 0 bridgehead atoms. The Balaban J connectivity index is 3.16. The highest BCUT2D eigenvalue weighted by molar-refractivity contribution is 6.31. The van der Waals surface area contributed by atoms with Crippen molar-refractivity contribution in [2.24, 2.45) is 0 Å². The molecule has 0 aliphatic carbocycles. The van der Waals surface area contributed by atoms with E-state index in [0.29, 0.717) is 6.07 Å². The molecule has 1 aromatic rings. The fraction of sp³-hybridized carbons (Fsp3) is 0.385. The predicted octanol–water partition coefficient (Wildman–Crippen LogP) is 4.78. The first-order chi connectivity index (χ1) is 8.90. The van der Waals surface area contributed by atoms with Crippen LogP contribution in [0.3, 0.4) is 0 Å². The monoisotopic (exact) mass is 312 g/mol. The molecule has 0 aliphatic heterocycles. The first-order valence-electron chi connectivity index (χ1n) is 5.32. The van der Waals surface area contributed by atoms with Gasteiger partial charge in [-0.15, -0.1) is 6.42 Å². The molecule has 1 aromatic carbocycles. The largest absolute Gasteiger partial charge is 0.475 e. The Morgan fingerprint density at radius 2 is 1.70 bits per heavy atom. The molecule has 0 atom stereocenters. The molecule has 0 saturated carbocycles. The summed E-state index contributed by atoms with van der Waals surface area (Å²) in [5.74, 6) is -2.75. The van der Waals surface area contributed by atoms with Crippen LogP contribution in [0.15, 0.2) is 18.2 Å². The van der Waals surface area contributed by atoms with Crippen molar-refractivity contribution in [3.8, 4) is 18.1 Å². The molecule has 110 valence electrons. The third kappa shape index (κ3) is 3.34. The minimum Gasteiger partial charge on any atom is -0.475 e. The summed E-state index contributed by atoms with van der Waals surface area (Å²) in [5.41, 5.74) is -2.38. The molecule has 0 unspecified atom stereocenters. The molecule has 0 fully saturated rings. The Morgan fingerprint density at radius 3 is 2.10 bits per heavy atom. The zero-order valence-corrected chi connectivity index (χ0v) is 11.2. The van der Waals surface area contributed by atoms with Crippen molar-refractivity contribution in [3.63, 3.8) is 0 Å². The minimum atomic E-state index is -5.73. The van der Waals surface area contributed by atoms with E-state index in [9.17, 15) is 22.0 Å². The van der Waals surface area contributed by atoms with Gasteiger partial charge in [0, 0.05) is 5.56 Å². The predicted molar refractivity (Wildman–Crippen MR) is 64.9 cm³/mol. The van der Waals surface area contributed by atoms with Crippen LogP contribution in [0.5, 0.6) is 5.75 Å². The van der Waals surface area contributed by atoms with Crippen LogP contribution in [0.4, 0.5) is 22.0 Å². The lowest BCUT2D eigenvalue weighted by atomic mass is 10.1. The second-order valence-electron chi connectivity index (χ2n) is 4.47. The van der Waals surface area contributed by atoms with Crippen molar-refractivity contribution in [2.75, 3.05) is 0 Å². The maximum atomic E-state index is 13.2. The van der Waals surface area contributed by atoms with Crippen LogP contribution in [0.25, 0.3) is 0 Å². The van der Waals surface area contributed by atoms with Crippen molar-refractivity contribution in [1.82, 2.24) is 0 Å². The van der Waals surface area contributed by atoms with E-state index in [1.807, 2.05) is 0 Å². The van der Waals surface area contributed by atoms with E-state index >= 15 is 0 Å². The van der Waals surface area contributed by atoms with Gasteiger partial charge in [-0.25, -0.2) is 0 Å². The molecule has 0 aromatic heterocycles. The molecule has 0 N–H and O–H groups in total. The van der Waals surface area contributed by atoms with Gasteiger partial charge in [-0.2, -0.15) is 22.0 Å². The molecule has 20 heavy (non-hydrogen) atoms. The van der Waals surface area contributed by atoms with Gasteiger partial charge in [-0.3, -0.25) is 0 Å². The normalized spacial score (nSPS) is 12.9. The van der Waals surface area contributed by atoms with E-state index in [2.05, 4.69) is 5.92 Å². The van der Waals surface area contributed by atoms with Gasteiger partial charge < -0.3 is 4.74 Å². The molecule has 1 nitrogen and oxygen atoms in total. The van der Waals surface area contributed by atoms with Crippen molar-refractivity contribution < 1.29 is 26.7 Å². The summed E-state index contributed by atoms with van der Waals surface area (Å²) >= 11 is 5.48. The lowest BCUT2D eigenvalue weighted by Crippen LogP contribution is -2.34. The number of rotatable bonds is 3. The Bertz CT molecular complexity index is 543. The van der Waals surface area contributed by atoms with Gasteiger partial charge in [0.15, 0.2) is 5.60 Å². The number of alkyl halides is 5. The van der Waals surface area contributed by atoms with Crippen LogP contribution in [0.2, 0.25) is 5.02 Å². The summed E-state index contributed by atoms with van der Waals surface area (Å²) in [4.78, 5) is 0. The third-order valence-electron chi connectivity index (χ3n) is 2.36. The number of hydrogen-bond donors (Lipinski definition) is 0. The molecular formula is C13H10ClF5O. The fourth-order valence-electron chi connectivity index (χ4n) is 1.29. The number of ether oxygens (including phenoxy) is 1. The van der Waals surface area contributed by atoms with Gasteiger partial charge in [-0.05, 0) is 32.0 Å². The Morgan fingerprint density at radius 1 is 1.15 bits per heavy atom. The molecule has 0 spiro atoms. The van der Waals surface area contributed by atoms with Crippen molar-refractivity contribution >= 4 is 11.6 Å². The average molecular weight is 313 g/mol. The Kier molecular flexibility index (Phi) is 4.25. The molecule has 0 aliphatic rings. The molecule has 0 amide bonds. The summed E-state index contributed by atoms with van der Waals surface area (Å²) in [6, 6.07) is 2.40. The van der Waals surface area contributed by atoms with Crippen LogP contribution < -0.4 is 4.74 Å². The quantitative estimate of drug-likeness (QED) is 0.576. The number of terminal acetylenes is 1. The zero-order valence-electron chi connectivity index (χ0n) is 10.5. The summed E-state index contributed by atoms with van der Waals surface area (Å²) < 4.78 is 68.4. The highest BCUT2D eigenvalue weighted by Gasteiger charge is 2.59. The van der Waals surface area contributed by atoms with E-state index < -0.39 is 28.3 Å². The van der Waals surface area contributed by atoms with Crippen LogP contribution in [0.1, 0.15) is 19.4 Å². The first kappa shape index (κ1) is 16.6. The SMILES string of the molecule is C#CC(C)(C)Oc1ccc(C(F)(F)C(F)(F)F)c(Cl)c1. The van der Waals surface area contributed by atoms with E-state index in [0.717, 1.165) is 12.1 Å². The summed E-state index contributed by atoms with van der Waals surface area (Å²) in [7, 11) is 0. The average Bonchev–Trinajstić information content (AvgIpc) is 2.26. The highest BCUT2D eigenvalue weighted by atomic mass is 35.5. The summed E-state index contributed by atoms with van der Waals surface area (Å²) in [5, 5.41) is -0.752. The molecule has 0 saturated heterocycles.